The number of hydrogen-bond donors (Lipinski definition) is 0. The molecule has 1 nitrogen and oxygen atoms in total. The van der Waals surface area contributed by atoms with Crippen molar-refractivity contribution in [3.05, 3.63) is 197 Å². The van der Waals surface area contributed by atoms with Crippen molar-refractivity contribution in [2.75, 3.05) is 0 Å². The molecule has 0 aliphatic heterocycles. The summed E-state index contributed by atoms with van der Waals surface area (Å²) in [5.41, 5.74) is 27.0. The van der Waals surface area contributed by atoms with E-state index in [2.05, 4.69) is 228 Å². The Morgan fingerprint density at radius 3 is 1.01 bits per heavy atom. The van der Waals surface area contributed by atoms with E-state index in [1.54, 1.807) is 0 Å². The minimum Gasteiger partial charge on any atom is -0.340 e. The van der Waals surface area contributed by atoms with Crippen molar-refractivity contribution in [1.29, 1.82) is 0 Å². The zero-order valence-electron chi connectivity index (χ0n) is 43.2. The second-order valence-corrected chi connectivity index (χ2v) is 22.6. The second-order valence-electron chi connectivity index (χ2n) is 20.3. The third kappa shape index (κ3) is 9.71. The van der Waals surface area contributed by atoms with Gasteiger partial charge in [0.2, 0.25) is 0 Å². The molecule has 5 heteroatoms. The molecule has 0 spiro atoms. The summed E-state index contributed by atoms with van der Waals surface area (Å²) >= 11 is 3.85. The standard InChI is InChI=1S/C64H67B2NS2/c1-14-15-28-67-57-24-18-51(16-20-53-22-26-59(68-53)65(61-43(6)29-39(2)30-44(61)7)62-45(8)31-40(3)32-46(62)9)37-55(57)56-38-52(19-25-58(56)67)17-21-54-23-27-60(69-54)66(63-47(10)33-41(4)34-48(63)11)64-49(12)35-42(5)36-50(64)13/h16-27,29-38H,14-15,28H2,1-13H3/b20-16+,21-17+. The van der Waals surface area contributed by atoms with Gasteiger partial charge in [0.15, 0.2) is 0 Å². The Bertz CT molecular complexity index is 3050. The fourth-order valence-corrected chi connectivity index (χ4v) is 14.0. The Hall–Kier alpha value is -5.87. The maximum Gasteiger partial charge on any atom is 0.255 e. The molecule has 0 aliphatic rings. The van der Waals surface area contributed by atoms with E-state index in [-0.39, 0.29) is 13.4 Å². The molecule has 346 valence electrons. The van der Waals surface area contributed by atoms with Gasteiger partial charge in [-0.15, -0.1) is 22.7 Å². The van der Waals surface area contributed by atoms with Crippen molar-refractivity contribution in [3.8, 4) is 0 Å². The van der Waals surface area contributed by atoms with E-state index in [1.807, 2.05) is 22.7 Å². The third-order valence-electron chi connectivity index (χ3n) is 14.5. The number of unbranched alkanes of at least 4 members (excludes halogenated alkanes) is 1. The van der Waals surface area contributed by atoms with Crippen LogP contribution in [-0.2, 0) is 6.54 Å². The van der Waals surface area contributed by atoms with Crippen molar-refractivity contribution >= 4 is 114 Å². The molecule has 0 bridgehead atoms. The van der Waals surface area contributed by atoms with E-state index in [0.29, 0.717) is 0 Å². The second kappa shape index (κ2) is 19.9. The molecule has 3 aromatic heterocycles. The molecule has 0 amide bonds. The summed E-state index contributed by atoms with van der Waals surface area (Å²) in [6, 6.07) is 42.4. The van der Waals surface area contributed by atoms with Gasteiger partial charge in [-0.05, 0) is 159 Å². The van der Waals surface area contributed by atoms with Gasteiger partial charge in [0.05, 0.1) is 0 Å². The topological polar surface area (TPSA) is 4.93 Å². The van der Waals surface area contributed by atoms with E-state index in [4.69, 9.17) is 0 Å². The lowest BCUT2D eigenvalue weighted by Crippen LogP contribution is -2.54. The number of thiophene rings is 2. The molecular formula is C64H67B2NS2. The van der Waals surface area contributed by atoms with E-state index in [9.17, 15) is 0 Å². The van der Waals surface area contributed by atoms with Crippen LogP contribution in [0.15, 0.2) is 109 Å². The first-order valence-corrected chi connectivity index (χ1v) is 26.6. The molecule has 0 N–H and O–H groups in total. The van der Waals surface area contributed by atoms with Crippen LogP contribution in [0.4, 0.5) is 0 Å². The van der Waals surface area contributed by atoms with E-state index < -0.39 is 0 Å². The van der Waals surface area contributed by atoms with E-state index in [0.717, 1.165) is 19.4 Å². The van der Waals surface area contributed by atoms with Gasteiger partial charge in [-0.2, -0.15) is 0 Å². The average Bonchev–Trinajstić information content (AvgIpc) is 4.02. The summed E-state index contributed by atoms with van der Waals surface area (Å²) in [6.45, 7) is 30.9. The summed E-state index contributed by atoms with van der Waals surface area (Å²) in [6.07, 6.45) is 11.6. The van der Waals surface area contributed by atoms with Crippen LogP contribution < -0.4 is 31.4 Å². The van der Waals surface area contributed by atoms with Crippen molar-refractivity contribution in [1.82, 2.24) is 4.57 Å². The summed E-state index contributed by atoms with van der Waals surface area (Å²) in [7, 11) is 0. The van der Waals surface area contributed by atoms with E-state index >= 15 is 0 Å². The molecule has 0 saturated carbocycles. The van der Waals surface area contributed by atoms with Gasteiger partial charge in [-0.3, -0.25) is 0 Å². The summed E-state index contributed by atoms with van der Waals surface area (Å²) in [5.74, 6) is 0. The number of benzene rings is 6. The average molecular weight is 936 g/mol. The lowest BCUT2D eigenvalue weighted by atomic mass is 9.37. The van der Waals surface area contributed by atoms with Crippen molar-refractivity contribution < 1.29 is 0 Å². The lowest BCUT2D eigenvalue weighted by Gasteiger charge is -2.23. The zero-order chi connectivity index (χ0) is 48.8. The fourth-order valence-electron chi connectivity index (χ4n) is 11.9. The first-order chi connectivity index (χ1) is 33.1. The predicted molar refractivity (Wildman–Crippen MR) is 313 cm³/mol. The monoisotopic (exact) mass is 935 g/mol. The highest BCUT2D eigenvalue weighted by Gasteiger charge is 2.31. The largest absolute Gasteiger partial charge is 0.340 e. The summed E-state index contributed by atoms with van der Waals surface area (Å²) in [4.78, 5) is 2.54. The van der Waals surface area contributed by atoms with Gasteiger partial charge in [0.25, 0.3) is 13.4 Å². The molecule has 0 radical (unpaired) electrons. The highest BCUT2D eigenvalue weighted by Crippen LogP contribution is 2.33. The van der Waals surface area contributed by atoms with Crippen LogP contribution in [0.25, 0.3) is 46.1 Å². The SMILES string of the molecule is CCCCn1c2ccc(/C=C/c3ccc(B(c4c(C)cc(C)cc4C)c4c(C)cc(C)cc4C)s3)cc2c2cc(/C=C/c3ccc(B(c4c(C)cc(C)cc4C)c4c(C)cc(C)cc4C)s3)ccc21. The molecule has 0 saturated heterocycles. The van der Waals surface area contributed by atoms with Gasteiger partial charge >= 0.3 is 0 Å². The quantitative estimate of drug-likeness (QED) is 0.102. The number of fused-ring (bicyclic) bond motifs is 3. The Morgan fingerprint density at radius 2 is 0.710 bits per heavy atom. The molecular weight excluding hydrogens is 868 g/mol. The summed E-state index contributed by atoms with van der Waals surface area (Å²) < 4.78 is 5.32. The van der Waals surface area contributed by atoms with Crippen molar-refractivity contribution in [3.63, 3.8) is 0 Å². The molecule has 0 unspecified atom stereocenters. The zero-order valence-corrected chi connectivity index (χ0v) is 44.9. The molecule has 0 aliphatic carbocycles. The van der Waals surface area contributed by atoms with Gasteiger partial charge in [-0.1, -0.05) is 187 Å². The van der Waals surface area contributed by atoms with Gasteiger partial charge in [-0.25, -0.2) is 0 Å². The van der Waals surface area contributed by atoms with Crippen molar-refractivity contribution in [2.45, 2.75) is 109 Å². The minimum absolute atomic E-state index is 0.186. The highest BCUT2D eigenvalue weighted by molar-refractivity contribution is 7.28. The van der Waals surface area contributed by atoms with Crippen LogP contribution in [0, 0.1) is 83.1 Å². The van der Waals surface area contributed by atoms with Gasteiger partial charge < -0.3 is 4.57 Å². The highest BCUT2D eigenvalue weighted by atomic mass is 32.1. The van der Waals surface area contributed by atoms with Crippen LogP contribution >= 0.6 is 22.7 Å². The number of aryl methyl sites for hydroxylation is 13. The normalized spacial score (nSPS) is 11.9. The van der Waals surface area contributed by atoms with Crippen LogP contribution in [0.3, 0.4) is 0 Å². The van der Waals surface area contributed by atoms with E-state index in [1.165, 1.54) is 141 Å². The fraction of sp³-hybridized carbons (Fsp3) is 0.250. The maximum atomic E-state index is 2.54. The molecule has 9 aromatic rings. The number of rotatable bonds is 13. The Morgan fingerprint density at radius 1 is 0.391 bits per heavy atom. The number of hydrogen-bond acceptors (Lipinski definition) is 2. The van der Waals surface area contributed by atoms with Crippen LogP contribution in [0.2, 0.25) is 0 Å². The van der Waals surface area contributed by atoms with Crippen LogP contribution in [0.5, 0.6) is 0 Å². The Kier molecular flexibility index (Phi) is 13.9. The number of nitrogens with zero attached hydrogens (tertiary/aromatic N) is 1. The molecule has 3 heterocycles. The molecule has 69 heavy (non-hydrogen) atoms. The number of aromatic nitrogens is 1. The maximum absolute atomic E-state index is 2.54. The third-order valence-corrected chi connectivity index (χ3v) is 16.7. The smallest absolute Gasteiger partial charge is 0.255 e. The lowest BCUT2D eigenvalue weighted by molar-refractivity contribution is 0.665. The van der Waals surface area contributed by atoms with Crippen LogP contribution in [0.1, 0.15) is 107 Å². The van der Waals surface area contributed by atoms with Gasteiger partial charge in [0.1, 0.15) is 0 Å². The molecule has 9 rings (SSSR count). The first kappa shape index (κ1) is 48.2. The van der Waals surface area contributed by atoms with Gasteiger partial charge in [0, 0.05) is 38.1 Å². The minimum atomic E-state index is 0.186. The molecule has 6 aromatic carbocycles. The summed E-state index contributed by atoms with van der Waals surface area (Å²) in [5, 5.41) is 2.63. The van der Waals surface area contributed by atoms with Crippen molar-refractivity contribution in [2.24, 2.45) is 0 Å². The van der Waals surface area contributed by atoms with Crippen LogP contribution in [-0.4, -0.2) is 18.0 Å². The Labute approximate surface area is 421 Å². The molecule has 0 atom stereocenters. The predicted octanol–water partition coefficient (Wildman–Crippen LogP) is 13.8. The Balaban J connectivity index is 1.05. The first-order valence-electron chi connectivity index (χ1n) is 25.0. The molecule has 0 fully saturated rings.